The van der Waals surface area contributed by atoms with E-state index < -0.39 is 10.0 Å². The summed E-state index contributed by atoms with van der Waals surface area (Å²) >= 11 is 8.70. The highest BCUT2D eigenvalue weighted by Gasteiger charge is 2.16. The first kappa shape index (κ1) is 23.0. The van der Waals surface area contributed by atoms with Crippen molar-refractivity contribution in [3.63, 3.8) is 0 Å². The van der Waals surface area contributed by atoms with Crippen LogP contribution in [0.2, 0.25) is 0 Å². The Balaban J connectivity index is 1.56. The molecule has 0 atom stereocenters. The Hall–Kier alpha value is -1.72. The summed E-state index contributed by atoms with van der Waals surface area (Å²) in [6.45, 7) is 6.88. The number of ether oxygens (including phenoxy) is 1. The molecule has 0 aromatic heterocycles. The van der Waals surface area contributed by atoms with Crippen LogP contribution >= 0.6 is 28.1 Å². The first-order valence-corrected chi connectivity index (χ1v) is 12.3. The molecule has 10 heteroatoms. The van der Waals surface area contributed by atoms with E-state index in [4.69, 9.17) is 17.0 Å². The van der Waals surface area contributed by atoms with Crippen molar-refractivity contribution in [2.24, 2.45) is 0 Å². The smallest absolute Gasteiger partial charge is 0.261 e. The maximum atomic E-state index is 12.7. The largest absolute Gasteiger partial charge is 0.379 e. The third-order valence-electron chi connectivity index (χ3n) is 4.67. The predicted molar refractivity (Wildman–Crippen MR) is 128 cm³/mol. The average molecular weight is 513 g/mol. The molecule has 0 amide bonds. The van der Waals surface area contributed by atoms with Gasteiger partial charge < -0.3 is 15.4 Å². The van der Waals surface area contributed by atoms with E-state index in [1.807, 2.05) is 6.92 Å². The molecular weight excluding hydrogens is 488 g/mol. The highest BCUT2D eigenvalue weighted by Crippen LogP contribution is 2.23. The topological polar surface area (TPSA) is 82.7 Å². The molecule has 3 N–H and O–H groups in total. The van der Waals surface area contributed by atoms with Gasteiger partial charge in [0.2, 0.25) is 0 Å². The van der Waals surface area contributed by atoms with Gasteiger partial charge >= 0.3 is 0 Å². The molecule has 162 valence electrons. The summed E-state index contributed by atoms with van der Waals surface area (Å²) in [7, 11) is -3.68. The van der Waals surface area contributed by atoms with Crippen LogP contribution in [0.5, 0.6) is 0 Å². The molecule has 1 fully saturated rings. The lowest BCUT2D eigenvalue weighted by atomic mass is 10.2. The van der Waals surface area contributed by atoms with E-state index in [0.29, 0.717) is 10.8 Å². The molecule has 1 saturated heterocycles. The molecule has 0 saturated carbocycles. The fourth-order valence-electron chi connectivity index (χ4n) is 2.99. The zero-order valence-electron chi connectivity index (χ0n) is 16.7. The van der Waals surface area contributed by atoms with Crippen molar-refractivity contribution in [3.05, 3.63) is 52.5 Å². The van der Waals surface area contributed by atoms with E-state index in [-0.39, 0.29) is 4.90 Å². The van der Waals surface area contributed by atoms with Gasteiger partial charge in [0.15, 0.2) is 5.11 Å². The molecule has 2 aromatic carbocycles. The van der Waals surface area contributed by atoms with Gasteiger partial charge in [0.05, 0.1) is 18.1 Å². The van der Waals surface area contributed by atoms with Crippen LogP contribution in [0.3, 0.4) is 0 Å². The van der Waals surface area contributed by atoms with Crippen LogP contribution in [-0.2, 0) is 14.8 Å². The van der Waals surface area contributed by atoms with Crippen LogP contribution < -0.4 is 15.4 Å². The minimum atomic E-state index is -3.68. The minimum absolute atomic E-state index is 0.194. The highest BCUT2D eigenvalue weighted by atomic mass is 79.9. The third-order valence-corrected chi connectivity index (χ3v) is 6.82. The number of nitrogens with zero attached hydrogens (tertiary/aromatic N) is 1. The molecule has 1 aliphatic rings. The Morgan fingerprint density at radius 2 is 1.87 bits per heavy atom. The van der Waals surface area contributed by atoms with Gasteiger partial charge in [0.1, 0.15) is 0 Å². The van der Waals surface area contributed by atoms with Gasteiger partial charge in [-0.2, -0.15) is 0 Å². The number of benzene rings is 2. The molecule has 7 nitrogen and oxygen atoms in total. The van der Waals surface area contributed by atoms with Crippen LogP contribution in [0.25, 0.3) is 0 Å². The lowest BCUT2D eigenvalue weighted by Crippen LogP contribution is -2.42. The third kappa shape index (κ3) is 6.64. The van der Waals surface area contributed by atoms with Gasteiger partial charge in [0, 0.05) is 42.0 Å². The van der Waals surface area contributed by atoms with Crippen molar-refractivity contribution in [1.82, 2.24) is 10.2 Å². The molecular formula is C20H25BrN4O3S2. The number of rotatable bonds is 7. The summed E-state index contributed by atoms with van der Waals surface area (Å²) in [6.07, 6.45) is 0. The lowest BCUT2D eigenvalue weighted by molar-refractivity contribution is 0.0389. The Morgan fingerprint density at radius 1 is 1.17 bits per heavy atom. The van der Waals surface area contributed by atoms with E-state index in [1.54, 1.807) is 42.5 Å². The van der Waals surface area contributed by atoms with Crippen molar-refractivity contribution in [1.29, 1.82) is 0 Å². The van der Waals surface area contributed by atoms with Crippen LogP contribution in [0.1, 0.15) is 5.56 Å². The number of anilines is 2. The molecule has 30 heavy (non-hydrogen) atoms. The number of hydrogen-bond donors (Lipinski definition) is 3. The Labute approximate surface area is 191 Å². The summed E-state index contributed by atoms with van der Waals surface area (Å²) < 4.78 is 34.1. The van der Waals surface area contributed by atoms with Crippen molar-refractivity contribution in [3.8, 4) is 0 Å². The monoisotopic (exact) mass is 512 g/mol. The fourth-order valence-corrected chi connectivity index (χ4v) is 4.61. The van der Waals surface area contributed by atoms with Crippen molar-refractivity contribution in [2.45, 2.75) is 11.8 Å². The fraction of sp³-hybridized carbons (Fsp3) is 0.350. The van der Waals surface area contributed by atoms with E-state index in [1.165, 1.54) is 0 Å². The summed E-state index contributed by atoms with van der Waals surface area (Å²) in [5.74, 6) is 0. The summed E-state index contributed by atoms with van der Waals surface area (Å²) in [5.41, 5.74) is 2.05. The maximum absolute atomic E-state index is 12.7. The summed E-state index contributed by atoms with van der Waals surface area (Å²) in [4.78, 5) is 2.52. The van der Waals surface area contributed by atoms with Crippen molar-refractivity contribution < 1.29 is 13.2 Å². The quantitative estimate of drug-likeness (QED) is 0.491. The normalized spacial score (nSPS) is 14.9. The second kappa shape index (κ2) is 10.5. The number of hydrogen-bond acceptors (Lipinski definition) is 5. The Morgan fingerprint density at radius 3 is 2.53 bits per heavy atom. The van der Waals surface area contributed by atoms with E-state index >= 15 is 0 Å². The average Bonchev–Trinajstić information content (AvgIpc) is 2.72. The Bertz CT molecular complexity index is 978. The zero-order chi connectivity index (χ0) is 21.6. The SMILES string of the molecule is Cc1cc(S(=O)(=O)Nc2ccc(Br)cc2)ccc1NC(=S)NCCN1CCOCC1. The molecule has 1 heterocycles. The highest BCUT2D eigenvalue weighted by molar-refractivity contribution is 9.10. The van der Waals surface area contributed by atoms with Crippen LogP contribution in [0.4, 0.5) is 11.4 Å². The van der Waals surface area contributed by atoms with E-state index in [2.05, 4.69) is 36.2 Å². The predicted octanol–water partition coefficient (Wildman–Crippen LogP) is 3.18. The minimum Gasteiger partial charge on any atom is -0.379 e. The standard InChI is InChI=1S/C20H25BrN4O3S2/c1-15-14-18(30(26,27)24-17-4-2-16(21)3-5-17)6-7-19(15)23-20(29)22-8-9-25-10-12-28-13-11-25/h2-7,14,24H,8-13H2,1H3,(H2,22,23,29). The molecule has 0 bridgehead atoms. The first-order chi connectivity index (χ1) is 14.3. The lowest BCUT2D eigenvalue weighted by Gasteiger charge is -2.26. The van der Waals surface area contributed by atoms with Crippen LogP contribution in [0.15, 0.2) is 51.8 Å². The molecule has 2 aromatic rings. The van der Waals surface area contributed by atoms with Crippen molar-refractivity contribution in [2.75, 3.05) is 49.4 Å². The molecule has 0 aliphatic carbocycles. The van der Waals surface area contributed by atoms with Gasteiger partial charge in [-0.25, -0.2) is 8.42 Å². The van der Waals surface area contributed by atoms with Crippen molar-refractivity contribution >= 4 is 54.7 Å². The van der Waals surface area contributed by atoms with Crippen LogP contribution in [-0.4, -0.2) is 57.8 Å². The second-order valence-corrected chi connectivity index (χ2v) is 9.93. The summed E-state index contributed by atoms with van der Waals surface area (Å²) in [6, 6.07) is 11.9. The number of halogens is 1. The Kier molecular flexibility index (Phi) is 8.06. The first-order valence-electron chi connectivity index (χ1n) is 9.57. The number of nitrogens with one attached hydrogen (secondary N) is 3. The molecule has 0 spiro atoms. The van der Waals surface area contributed by atoms with Gasteiger partial charge in [0.25, 0.3) is 10.0 Å². The maximum Gasteiger partial charge on any atom is 0.261 e. The van der Waals surface area contributed by atoms with Gasteiger partial charge in [-0.15, -0.1) is 0 Å². The van der Waals surface area contributed by atoms with E-state index in [9.17, 15) is 8.42 Å². The molecule has 0 unspecified atom stereocenters. The number of morpholine rings is 1. The second-order valence-electron chi connectivity index (χ2n) is 6.92. The van der Waals surface area contributed by atoms with Gasteiger partial charge in [-0.3, -0.25) is 9.62 Å². The number of sulfonamides is 1. The zero-order valence-corrected chi connectivity index (χ0v) is 19.9. The number of aryl methyl sites for hydroxylation is 1. The van der Waals surface area contributed by atoms with Gasteiger partial charge in [-0.05, 0) is 67.2 Å². The molecule has 1 aliphatic heterocycles. The van der Waals surface area contributed by atoms with E-state index in [0.717, 1.165) is 55.1 Å². The van der Waals surface area contributed by atoms with Crippen LogP contribution in [0, 0.1) is 6.92 Å². The molecule has 3 rings (SSSR count). The summed E-state index contributed by atoms with van der Waals surface area (Å²) in [5, 5.41) is 6.84. The number of thiocarbonyl (C=S) groups is 1. The molecule has 0 radical (unpaired) electrons. The van der Waals surface area contributed by atoms with Gasteiger partial charge in [-0.1, -0.05) is 15.9 Å².